The predicted octanol–water partition coefficient (Wildman–Crippen LogP) is 13.4. The van der Waals surface area contributed by atoms with E-state index in [0.717, 1.165) is 16.8 Å². The lowest BCUT2D eigenvalue weighted by Gasteiger charge is -2.31. The highest BCUT2D eigenvalue weighted by Crippen LogP contribution is 2.65. The van der Waals surface area contributed by atoms with Crippen molar-refractivity contribution in [1.29, 1.82) is 0 Å². The van der Waals surface area contributed by atoms with Crippen LogP contribution in [0.3, 0.4) is 0 Å². The molecule has 0 radical (unpaired) electrons. The zero-order valence-corrected chi connectivity index (χ0v) is 28.8. The molecule has 0 bridgehead atoms. The Labute approximate surface area is 307 Å². The van der Waals surface area contributed by atoms with Gasteiger partial charge in [-0.25, -0.2) is 4.98 Å². The number of pyridine rings is 1. The van der Waals surface area contributed by atoms with Gasteiger partial charge in [-0.2, -0.15) is 0 Å². The van der Waals surface area contributed by atoms with Crippen molar-refractivity contribution in [3.8, 4) is 44.6 Å². The van der Waals surface area contributed by atoms with E-state index in [9.17, 15) is 0 Å². The van der Waals surface area contributed by atoms with Crippen LogP contribution >= 0.6 is 0 Å². The molecule has 2 aliphatic carbocycles. The van der Waals surface area contributed by atoms with Gasteiger partial charge >= 0.3 is 0 Å². The predicted molar refractivity (Wildman–Crippen MR) is 221 cm³/mol. The molecule has 0 aliphatic heterocycles. The van der Waals surface area contributed by atoms with Gasteiger partial charge in [-0.05, 0) is 94.5 Å². The molecule has 0 amide bonds. The van der Waals surface area contributed by atoms with E-state index in [0.29, 0.717) is 0 Å². The van der Waals surface area contributed by atoms with E-state index in [1.54, 1.807) is 0 Å². The van der Waals surface area contributed by atoms with Crippen LogP contribution in [-0.4, -0.2) is 4.98 Å². The van der Waals surface area contributed by atoms with Crippen molar-refractivity contribution in [3.63, 3.8) is 0 Å². The topological polar surface area (TPSA) is 12.9 Å². The Kier molecular flexibility index (Phi) is 5.77. The standard InChI is InChI=1S/C52H31N/c1-2-15-37-35(13-1)36-14-3-4-16-38(36)44-31-34(29-30-39(37)44)32-25-27-33(28-26-32)51-49-42-19-7-11-23-47(42)52(50(49)43-20-8-12-24-48(43)53-51)45-21-9-5-17-40(45)41-18-6-10-22-46(41)52/h1-31H. The van der Waals surface area contributed by atoms with E-state index in [4.69, 9.17) is 4.98 Å². The first-order valence-corrected chi connectivity index (χ1v) is 18.5. The second-order valence-corrected chi connectivity index (χ2v) is 14.5. The van der Waals surface area contributed by atoms with Crippen molar-refractivity contribution < 1.29 is 0 Å². The average molecular weight is 670 g/mol. The maximum Gasteiger partial charge on any atom is 0.0791 e. The second-order valence-electron chi connectivity index (χ2n) is 14.5. The molecule has 53 heavy (non-hydrogen) atoms. The fourth-order valence-electron chi connectivity index (χ4n) is 9.94. The molecule has 12 rings (SSSR count). The highest BCUT2D eigenvalue weighted by molar-refractivity contribution is 6.25. The van der Waals surface area contributed by atoms with Crippen LogP contribution in [0.15, 0.2) is 188 Å². The van der Waals surface area contributed by atoms with Crippen molar-refractivity contribution in [3.05, 3.63) is 210 Å². The third kappa shape index (κ3) is 3.73. The first-order valence-electron chi connectivity index (χ1n) is 18.5. The van der Waals surface area contributed by atoms with Gasteiger partial charge in [0.1, 0.15) is 0 Å². The first kappa shape index (κ1) is 28.8. The van der Waals surface area contributed by atoms with Crippen molar-refractivity contribution in [2.75, 3.05) is 0 Å². The van der Waals surface area contributed by atoms with Crippen LogP contribution in [0.2, 0.25) is 0 Å². The molecule has 0 atom stereocenters. The normalized spacial score (nSPS) is 13.4. The number of hydrogen-bond donors (Lipinski definition) is 0. The number of hydrogen-bond acceptors (Lipinski definition) is 1. The molecule has 0 fully saturated rings. The molecule has 0 unspecified atom stereocenters. The summed E-state index contributed by atoms with van der Waals surface area (Å²) in [4.78, 5) is 5.49. The Morgan fingerprint density at radius 1 is 0.321 bits per heavy atom. The number of para-hydroxylation sites is 1. The molecule has 244 valence electrons. The molecule has 2 aliphatic rings. The summed E-state index contributed by atoms with van der Waals surface area (Å²) in [5, 5.41) is 8.97. The van der Waals surface area contributed by atoms with Gasteiger partial charge in [-0.15, -0.1) is 0 Å². The molecule has 0 saturated heterocycles. The lowest BCUT2D eigenvalue weighted by atomic mass is 9.69. The van der Waals surface area contributed by atoms with Gasteiger partial charge in [0.25, 0.3) is 0 Å². The molecule has 1 heteroatoms. The smallest absolute Gasteiger partial charge is 0.0791 e. The Hall–Kier alpha value is -6.83. The van der Waals surface area contributed by atoms with Crippen LogP contribution in [0.25, 0.3) is 87.9 Å². The van der Waals surface area contributed by atoms with Crippen LogP contribution in [0.5, 0.6) is 0 Å². The highest BCUT2D eigenvalue weighted by Gasteiger charge is 2.53. The van der Waals surface area contributed by atoms with Gasteiger partial charge in [-0.1, -0.05) is 176 Å². The molecule has 1 nitrogen and oxygen atoms in total. The molecular formula is C52H31N. The number of aromatic nitrogens is 1. The minimum absolute atomic E-state index is 0.436. The highest BCUT2D eigenvalue weighted by atomic mass is 14.7. The van der Waals surface area contributed by atoms with Crippen LogP contribution < -0.4 is 0 Å². The average Bonchev–Trinajstić information content (AvgIpc) is 3.71. The zero-order valence-electron chi connectivity index (χ0n) is 28.8. The SMILES string of the molecule is c1ccc2c(c1)-c1ccccc1C21c2ccccc2-c2c(-c3ccc(-c4ccc5c6ccccc6c6ccccc6c5c4)cc3)nc3ccccc3c21. The molecule has 0 N–H and O–H groups in total. The summed E-state index contributed by atoms with van der Waals surface area (Å²) in [5.74, 6) is 0. The van der Waals surface area contributed by atoms with Gasteiger partial charge in [0, 0.05) is 16.5 Å². The third-order valence-electron chi connectivity index (χ3n) is 12.1. The Balaban J connectivity index is 1.09. The van der Waals surface area contributed by atoms with E-state index >= 15 is 0 Å². The molecule has 1 heterocycles. The largest absolute Gasteiger partial charge is 0.247 e. The van der Waals surface area contributed by atoms with E-state index in [2.05, 4.69) is 188 Å². The Morgan fingerprint density at radius 3 is 1.38 bits per heavy atom. The third-order valence-corrected chi connectivity index (χ3v) is 12.1. The van der Waals surface area contributed by atoms with Crippen LogP contribution in [-0.2, 0) is 5.41 Å². The minimum atomic E-state index is -0.436. The van der Waals surface area contributed by atoms with Crippen molar-refractivity contribution >= 4 is 43.2 Å². The number of benzene rings is 9. The summed E-state index contributed by atoms with van der Waals surface area (Å²) < 4.78 is 0. The molecular weight excluding hydrogens is 639 g/mol. The van der Waals surface area contributed by atoms with Gasteiger partial charge < -0.3 is 0 Å². The summed E-state index contributed by atoms with van der Waals surface area (Å²) in [5.41, 5.74) is 15.7. The maximum atomic E-state index is 5.49. The van der Waals surface area contributed by atoms with Gasteiger partial charge in [-0.3, -0.25) is 0 Å². The molecule has 1 aromatic heterocycles. The van der Waals surface area contributed by atoms with Crippen molar-refractivity contribution in [2.24, 2.45) is 0 Å². The quantitative estimate of drug-likeness (QED) is 0.167. The molecule has 10 aromatic rings. The first-order chi connectivity index (χ1) is 26.3. The van der Waals surface area contributed by atoms with Crippen LogP contribution in [0.4, 0.5) is 0 Å². The van der Waals surface area contributed by atoms with Crippen LogP contribution in [0, 0.1) is 0 Å². The number of fused-ring (bicyclic) bond motifs is 18. The summed E-state index contributed by atoms with van der Waals surface area (Å²) in [7, 11) is 0. The fourth-order valence-corrected chi connectivity index (χ4v) is 9.94. The van der Waals surface area contributed by atoms with E-state index in [1.807, 2.05) is 0 Å². The lowest BCUT2D eigenvalue weighted by molar-refractivity contribution is 0.801. The summed E-state index contributed by atoms with van der Waals surface area (Å²) >= 11 is 0. The number of nitrogens with zero attached hydrogens (tertiary/aromatic N) is 1. The van der Waals surface area contributed by atoms with Gasteiger partial charge in [0.2, 0.25) is 0 Å². The maximum absolute atomic E-state index is 5.49. The second kappa shape index (κ2) is 10.6. The summed E-state index contributed by atoms with van der Waals surface area (Å²) in [6.45, 7) is 0. The van der Waals surface area contributed by atoms with E-state index < -0.39 is 5.41 Å². The Morgan fingerprint density at radius 2 is 0.755 bits per heavy atom. The van der Waals surface area contributed by atoms with Crippen molar-refractivity contribution in [1.82, 2.24) is 4.98 Å². The van der Waals surface area contributed by atoms with E-state index in [1.165, 1.54) is 93.3 Å². The lowest BCUT2D eigenvalue weighted by Crippen LogP contribution is -2.26. The molecule has 9 aromatic carbocycles. The summed E-state index contributed by atoms with van der Waals surface area (Å²) in [6.07, 6.45) is 0. The fraction of sp³-hybridized carbons (Fsp3) is 0.0192. The number of rotatable bonds is 2. The van der Waals surface area contributed by atoms with Gasteiger partial charge in [0.15, 0.2) is 0 Å². The molecule has 0 saturated carbocycles. The van der Waals surface area contributed by atoms with Crippen molar-refractivity contribution in [2.45, 2.75) is 5.41 Å². The monoisotopic (exact) mass is 669 g/mol. The summed E-state index contributed by atoms with van der Waals surface area (Å²) in [6, 6.07) is 69.5. The van der Waals surface area contributed by atoms with Crippen LogP contribution in [0.1, 0.15) is 22.3 Å². The van der Waals surface area contributed by atoms with E-state index in [-0.39, 0.29) is 0 Å². The minimum Gasteiger partial charge on any atom is -0.247 e. The Bertz CT molecular complexity index is 3090. The van der Waals surface area contributed by atoms with Gasteiger partial charge in [0.05, 0.1) is 16.6 Å². The molecule has 1 spiro atoms. The zero-order chi connectivity index (χ0) is 34.7.